The first kappa shape index (κ1) is 12.1. The van der Waals surface area contributed by atoms with Crippen LogP contribution in [0.25, 0.3) is 0 Å². The van der Waals surface area contributed by atoms with E-state index in [0.29, 0.717) is 6.04 Å². The first-order chi connectivity index (χ1) is 8.20. The Bertz CT molecular complexity index is 374. The number of carboxylic acids is 1. The van der Waals surface area contributed by atoms with Crippen molar-refractivity contribution in [3.8, 4) is 0 Å². The predicted octanol–water partition coefficient (Wildman–Crippen LogP) is 1.11. The van der Waals surface area contributed by atoms with Crippen molar-refractivity contribution in [2.24, 2.45) is 0 Å². The van der Waals surface area contributed by atoms with E-state index in [2.05, 4.69) is 5.32 Å². The Morgan fingerprint density at radius 3 is 2.71 bits per heavy atom. The van der Waals surface area contributed by atoms with Gasteiger partial charge < -0.3 is 10.4 Å². The van der Waals surface area contributed by atoms with E-state index < -0.39 is 12.0 Å². The molecule has 1 aliphatic heterocycles. The molecule has 0 saturated carbocycles. The summed E-state index contributed by atoms with van der Waals surface area (Å²) < 4.78 is 0. The topological polar surface area (TPSA) is 52.6 Å². The average Bonchev–Trinajstić information content (AvgIpc) is 2.83. The maximum absolute atomic E-state index is 11.4. The predicted molar refractivity (Wildman–Crippen MR) is 65.9 cm³/mol. The fourth-order valence-electron chi connectivity index (χ4n) is 2.39. The van der Waals surface area contributed by atoms with E-state index in [9.17, 15) is 9.90 Å². The van der Waals surface area contributed by atoms with Crippen LogP contribution < -0.4 is 5.32 Å². The van der Waals surface area contributed by atoms with Crippen molar-refractivity contribution < 1.29 is 9.90 Å². The molecule has 0 aromatic heterocycles. The van der Waals surface area contributed by atoms with Crippen LogP contribution in [0.3, 0.4) is 0 Å². The maximum atomic E-state index is 11.4. The van der Waals surface area contributed by atoms with Crippen LogP contribution in [-0.2, 0) is 4.79 Å². The van der Waals surface area contributed by atoms with Gasteiger partial charge in [-0.1, -0.05) is 30.3 Å². The normalized spacial score (nSPS) is 21.6. The standard InChI is InChI=1S/C13H18N2O2/c1-15(11-7-8-14-9-11)12(13(16)17)10-5-3-2-4-6-10/h2-6,11-12,14H,7-9H2,1H3,(H,16,17). The number of hydrogen-bond donors (Lipinski definition) is 2. The van der Waals surface area contributed by atoms with E-state index in [4.69, 9.17) is 0 Å². The number of likely N-dealkylation sites (N-methyl/N-ethyl adjacent to an activating group) is 1. The summed E-state index contributed by atoms with van der Waals surface area (Å²) >= 11 is 0. The molecular formula is C13H18N2O2. The van der Waals surface area contributed by atoms with Gasteiger partial charge in [-0.05, 0) is 25.6 Å². The van der Waals surface area contributed by atoms with Gasteiger partial charge in [-0.25, -0.2) is 0 Å². The summed E-state index contributed by atoms with van der Waals surface area (Å²) in [5.41, 5.74) is 0.842. The molecule has 4 heteroatoms. The molecule has 1 fully saturated rings. The molecule has 1 saturated heterocycles. The zero-order valence-corrected chi connectivity index (χ0v) is 9.97. The number of aliphatic carboxylic acids is 1. The van der Waals surface area contributed by atoms with E-state index in [1.54, 1.807) is 0 Å². The smallest absolute Gasteiger partial charge is 0.325 e. The van der Waals surface area contributed by atoms with Crippen LogP contribution in [0.5, 0.6) is 0 Å². The third-order valence-electron chi connectivity index (χ3n) is 3.37. The van der Waals surface area contributed by atoms with Crippen molar-refractivity contribution in [1.82, 2.24) is 10.2 Å². The molecule has 92 valence electrons. The summed E-state index contributed by atoms with van der Waals surface area (Å²) in [7, 11) is 1.89. The van der Waals surface area contributed by atoms with Crippen LogP contribution in [0.1, 0.15) is 18.0 Å². The lowest BCUT2D eigenvalue weighted by Crippen LogP contribution is -2.40. The molecular weight excluding hydrogens is 216 g/mol. The highest BCUT2D eigenvalue weighted by atomic mass is 16.4. The molecule has 0 radical (unpaired) electrons. The summed E-state index contributed by atoms with van der Waals surface area (Å²) in [5.74, 6) is -0.786. The molecule has 0 spiro atoms. The molecule has 2 unspecified atom stereocenters. The zero-order chi connectivity index (χ0) is 12.3. The third kappa shape index (κ3) is 2.65. The highest BCUT2D eigenvalue weighted by molar-refractivity contribution is 5.75. The van der Waals surface area contributed by atoms with Gasteiger partial charge in [-0.15, -0.1) is 0 Å². The SMILES string of the molecule is CN(C1CCNC1)C(C(=O)O)c1ccccc1. The lowest BCUT2D eigenvalue weighted by molar-refractivity contribution is -0.143. The van der Waals surface area contributed by atoms with E-state index in [1.807, 2.05) is 42.3 Å². The van der Waals surface area contributed by atoms with Crippen molar-refractivity contribution in [3.05, 3.63) is 35.9 Å². The van der Waals surface area contributed by atoms with Crippen LogP contribution in [-0.4, -0.2) is 42.2 Å². The van der Waals surface area contributed by atoms with Gasteiger partial charge >= 0.3 is 5.97 Å². The molecule has 17 heavy (non-hydrogen) atoms. The van der Waals surface area contributed by atoms with Crippen LogP contribution in [0.4, 0.5) is 0 Å². The number of nitrogens with zero attached hydrogens (tertiary/aromatic N) is 1. The van der Waals surface area contributed by atoms with Crippen LogP contribution in [0, 0.1) is 0 Å². The number of carboxylic acid groups (broad SMARTS) is 1. The quantitative estimate of drug-likeness (QED) is 0.819. The second-order valence-electron chi connectivity index (χ2n) is 4.46. The Labute approximate surface area is 101 Å². The molecule has 2 atom stereocenters. The second kappa shape index (κ2) is 5.29. The molecule has 0 amide bonds. The fourth-order valence-corrected chi connectivity index (χ4v) is 2.39. The third-order valence-corrected chi connectivity index (χ3v) is 3.37. The van der Waals surface area contributed by atoms with Gasteiger partial charge in [-0.3, -0.25) is 9.69 Å². The average molecular weight is 234 g/mol. The number of rotatable bonds is 4. The monoisotopic (exact) mass is 234 g/mol. The first-order valence-corrected chi connectivity index (χ1v) is 5.90. The van der Waals surface area contributed by atoms with Crippen LogP contribution >= 0.6 is 0 Å². The summed E-state index contributed by atoms with van der Waals surface area (Å²) in [6.07, 6.45) is 1.01. The van der Waals surface area contributed by atoms with Gasteiger partial charge in [0.15, 0.2) is 0 Å². The van der Waals surface area contributed by atoms with E-state index >= 15 is 0 Å². The summed E-state index contributed by atoms with van der Waals surface area (Å²) in [6, 6.07) is 9.16. The molecule has 2 rings (SSSR count). The second-order valence-corrected chi connectivity index (χ2v) is 4.46. The minimum absolute atomic E-state index is 0.302. The molecule has 1 aromatic carbocycles. The fraction of sp³-hybridized carbons (Fsp3) is 0.462. The van der Waals surface area contributed by atoms with Crippen molar-refractivity contribution in [2.45, 2.75) is 18.5 Å². The van der Waals surface area contributed by atoms with E-state index in [1.165, 1.54) is 0 Å². The largest absolute Gasteiger partial charge is 0.480 e. The Morgan fingerprint density at radius 2 is 2.18 bits per heavy atom. The highest BCUT2D eigenvalue weighted by Crippen LogP contribution is 2.23. The Hall–Kier alpha value is -1.39. The Balaban J connectivity index is 2.20. The summed E-state index contributed by atoms with van der Waals surface area (Å²) in [4.78, 5) is 13.4. The van der Waals surface area contributed by atoms with Gasteiger partial charge in [0.1, 0.15) is 6.04 Å². The van der Waals surface area contributed by atoms with Crippen LogP contribution in [0.15, 0.2) is 30.3 Å². The van der Waals surface area contributed by atoms with E-state index in [0.717, 1.165) is 25.1 Å². The number of benzene rings is 1. The van der Waals surface area contributed by atoms with Gasteiger partial charge in [0.2, 0.25) is 0 Å². The number of carbonyl (C=O) groups is 1. The van der Waals surface area contributed by atoms with Crippen LogP contribution in [0.2, 0.25) is 0 Å². The molecule has 0 bridgehead atoms. The molecule has 2 N–H and O–H groups in total. The molecule has 4 nitrogen and oxygen atoms in total. The first-order valence-electron chi connectivity index (χ1n) is 5.90. The highest BCUT2D eigenvalue weighted by Gasteiger charge is 2.31. The van der Waals surface area contributed by atoms with Crippen molar-refractivity contribution in [1.29, 1.82) is 0 Å². The molecule has 1 aromatic rings. The minimum Gasteiger partial charge on any atom is -0.480 e. The summed E-state index contributed by atoms with van der Waals surface area (Å²) in [5, 5.41) is 12.7. The van der Waals surface area contributed by atoms with Gasteiger partial charge in [0, 0.05) is 12.6 Å². The van der Waals surface area contributed by atoms with Gasteiger partial charge in [-0.2, -0.15) is 0 Å². The lowest BCUT2D eigenvalue weighted by Gasteiger charge is -2.30. The van der Waals surface area contributed by atoms with E-state index in [-0.39, 0.29) is 0 Å². The Kier molecular flexibility index (Phi) is 3.76. The van der Waals surface area contributed by atoms with Gasteiger partial charge in [0.05, 0.1) is 0 Å². The Morgan fingerprint density at radius 1 is 1.47 bits per heavy atom. The lowest BCUT2D eigenvalue weighted by atomic mass is 10.0. The van der Waals surface area contributed by atoms with Crippen molar-refractivity contribution in [2.75, 3.05) is 20.1 Å². The summed E-state index contributed by atoms with van der Waals surface area (Å²) in [6.45, 7) is 1.84. The maximum Gasteiger partial charge on any atom is 0.325 e. The van der Waals surface area contributed by atoms with Gasteiger partial charge in [0.25, 0.3) is 0 Å². The molecule has 0 aliphatic carbocycles. The molecule has 1 heterocycles. The number of nitrogens with one attached hydrogen (secondary N) is 1. The molecule has 1 aliphatic rings. The zero-order valence-electron chi connectivity index (χ0n) is 9.97. The number of hydrogen-bond acceptors (Lipinski definition) is 3. The van der Waals surface area contributed by atoms with Crippen molar-refractivity contribution >= 4 is 5.97 Å². The van der Waals surface area contributed by atoms with Crippen molar-refractivity contribution in [3.63, 3.8) is 0 Å². The minimum atomic E-state index is -0.786.